The van der Waals surface area contributed by atoms with E-state index in [1.165, 1.54) is 0 Å². The van der Waals surface area contributed by atoms with Crippen LogP contribution in [0.1, 0.15) is 6.42 Å². The van der Waals surface area contributed by atoms with E-state index in [0.29, 0.717) is 17.6 Å². The lowest BCUT2D eigenvalue weighted by molar-refractivity contribution is -0.121. The van der Waals surface area contributed by atoms with Crippen molar-refractivity contribution in [2.45, 2.75) is 6.42 Å². The molecule has 3 rings (SSSR count). The van der Waals surface area contributed by atoms with E-state index >= 15 is 0 Å². The van der Waals surface area contributed by atoms with Crippen LogP contribution in [0.3, 0.4) is 0 Å². The lowest BCUT2D eigenvalue weighted by Crippen LogP contribution is -2.12. The Morgan fingerprint density at radius 1 is 1.18 bits per heavy atom. The number of rotatable bonds is 0. The van der Waals surface area contributed by atoms with Gasteiger partial charge in [0, 0.05) is 11.8 Å². The van der Waals surface area contributed by atoms with E-state index in [0.717, 1.165) is 6.42 Å². The van der Waals surface area contributed by atoms with Crippen molar-refractivity contribution in [2.24, 2.45) is 23.7 Å². The monoisotopic (exact) mass is 146 g/mol. The highest BCUT2D eigenvalue weighted by Crippen LogP contribution is 2.50. The molecule has 0 aromatic rings. The lowest BCUT2D eigenvalue weighted by atomic mass is 9.86. The first-order valence-electron chi connectivity index (χ1n) is 4.26. The molecule has 2 bridgehead atoms. The predicted octanol–water partition coefficient (Wildman–Crippen LogP) is 1.56. The summed E-state index contributed by atoms with van der Waals surface area (Å²) in [4.78, 5) is 11.5. The van der Waals surface area contributed by atoms with Gasteiger partial charge in [0.1, 0.15) is 5.78 Å². The molecular weight excluding hydrogens is 136 g/mol. The van der Waals surface area contributed by atoms with Gasteiger partial charge < -0.3 is 0 Å². The molecule has 0 aliphatic heterocycles. The van der Waals surface area contributed by atoms with Crippen LogP contribution in [-0.2, 0) is 4.79 Å². The van der Waals surface area contributed by atoms with Crippen LogP contribution in [0.25, 0.3) is 0 Å². The summed E-state index contributed by atoms with van der Waals surface area (Å²) in [5.41, 5.74) is 0. The number of allylic oxidation sites excluding steroid dienone is 4. The Kier molecular flexibility index (Phi) is 0.867. The molecule has 1 heteroatoms. The Hall–Kier alpha value is -0.850. The fourth-order valence-electron chi connectivity index (χ4n) is 2.79. The van der Waals surface area contributed by atoms with Crippen molar-refractivity contribution >= 4 is 5.78 Å². The maximum absolute atomic E-state index is 11.5. The largest absolute Gasteiger partial charge is 0.298 e. The van der Waals surface area contributed by atoms with E-state index in [4.69, 9.17) is 0 Å². The topological polar surface area (TPSA) is 17.1 Å². The fourth-order valence-corrected chi connectivity index (χ4v) is 2.79. The van der Waals surface area contributed by atoms with Gasteiger partial charge >= 0.3 is 0 Å². The van der Waals surface area contributed by atoms with Crippen molar-refractivity contribution < 1.29 is 4.79 Å². The normalized spacial score (nSPS) is 50.7. The Labute approximate surface area is 65.8 Å². The Balaban J connectivity index is 2.10. The fraction of sp³-hybridized carbons (Fsp3) is 0.500. The second kappa shape index (κ2) is 1.66. The Morgan fingerprint density at radius 2 is 2.00 bits per heavy atom. The number of carbonyl (C=O) groups excluding carboxylic acids is 1. The van der Waals surface area contributed by atoms with Crippen molar-refractivity contribution in [1.82, 2.24) is 0 Å². The predicted molar refractivity (Wildman–Crippen MR) is 41.9 cm³/mol. The van der Waals surface area contributed by atoms with Crippen molar-refractivity contribution in [3.63, 3.8) is 0 Å². The highest BCUT2D eigenvalue weighted by molar-refractivity contribution is 5.92. The van der Waals surface area contributed by atoms with E-state index in [2.05, 4.69) is 24.3 Å². The third kappa shape index (κ3) is 0.515. The van der Waals surface area contributed by atoms with Gasteiger partial charge in [0.05, 0.1) is 0 Å². The molecule has 11 heavy (non-hydrogen) atoms. The molecule has 3 aliphatic rings. The molecule has 0 aromatic heterocycles. The number of hydrogen-bond acceptors (Lipinski definition) is 1. The van der Waals surface area contributed by atoms with E-state index in [1.54, 1.807) is 0 Å². The first-order chi connectivity index (χ1) is 5.38. The summed E-state index contributed by atoms with van der Waals surface area (Å²) < 4.78 is 0. The molecule has 3 aliphatic carbocycles. The quantitative estimate of drug-likeness (QED) is 0.474. The van der Waals surface area contributed by atoms with E-state index in [1.807, 2.05) is 0 Å². The van der Waals surface area contributed by atoms with E-state index < -0.39 is 0 Å². The summed E-state index contributed by atoms with van der Waals surface area (Å²) in [6.07, 6.45) is 9.80. The summed E-state index contributed by atoms with van der Waals surface area (Å²) in [5, 5.41) is 0. The van der Waals surface area contributed by atoms with Crippen molar-refractivity contribution in [2.75, 3.05) is 0 Å². The number of carbonyl (C=O) groups is 1. The molecule has 1 nitrogen and oxygen atoms in total. The van der Waals surface area contributed by atoms with Crippen LogP contribution < -0.4 is 0 Å². The molecule has 0 amide bonds. The molecule has 0 aromatic carbocycles. The minimum atomic E-state index is 0.253. The molecule has 56 valence electrons. The molecule has 0 N–H and O–H groups in total. The smallest absolute Gasteiger partial charge is 0.147 e. The Bertz CT molecular complexity index is 275. The second-order valence-electron chi connectivity index (χ2n) is 3.74. The molecule has 1 saturated carbocycles. The van der Waals surface area contributed by atoms with Gasteiger partial charge in [0.15, 0.2) is 0 Å². The SMILES string of the molecule is O=C1C2C=CC1C1CC=CC21. The van der Waals surface area contributed by atoms with Crippen LogP contribution in [0.5, 0.6) is 0 Å². The summed E-state index contributed by atoms with van der Waals surface area (Å²) in [5.74, 6) is 2.21. The zero-order valence-electron chi connectivity index (χ0n) is 6.23. The zero-order valence-corrected chi connectivity index (χ0v) is 6.23. The molecule has 0 saturated heterocycles. The maximum Gasteiger partial charge on any atom is 0.147 e. The van der Waals surface area contributed by atoms with Gasteiger partial charge in [-0.05, 0) is 18.3 Å². The third-order valence-corrected chi connectivity index (χ3v) is 3.32. The van der Waals surface area contributed by atoms with Crippen LogP contribution in [0, 0.1) is 23.7 Å². The van der Waals surface area contributed by atoms with Gasteiger partial charge in [-0.25, -0.2) is 0 Å². The maximum atomic E-state index is 11.5. The van der Waals surface area contributed by atoms with Gasteiger partial charge in [-0.3, -0.25) is 4.79 Å². The van der Waals surface area contributed by atoms with Gasteiger partial charge in [0.2, 0.25) is 0 Å². The number of fused-ring (bicyclic) bond motifs is 5. The minimum Gasteiger partial charge on any atom is -0.298 e. The number of ketones is 1. The molecule has 1 fully saturated rings. The minimum absolute atomic E-state index is 0.253. The molecule has 0 heterocycles. The second-order valence-corrected chi connectivity index (χ2v) is 3.74. The lowest BCUT2D eigenvalue weighted by Gasteiger charge is -2.17. The van der Waals surface area contributed by atoms with Crippen LogP contribution >= 0.6 is 0 Å². The van der Waals surface area contributed by atoms with Crippen molar-refractivity contribution in [1.29, 1.82) is 0 Å². The van der Waals surface area contributed by atoms with Gasteiger partial charge in [-0.2, -0.15) is 0 Å². The first kappa shape index (κ1) is 5.76. The van der Waals surface area contributed by atoms with Crippen LogP contribution in [-0.4, -0.2) is 5.78 Å². The molecule has 4 unspecified atom stereocenters. The van der Waals surface area contributed by atoms with E-state index in [-0.39, 0.29) is 11.8 Å². The van der Waals surface area contributed by atoms with Gasteiger partial charge in [0.25, 0.3) is 0 Å². The third-order valence-electron chi connectivity index (χ3n) is 3.32. The summed E-state index contributed by atoms with van der Waals surface area (Å²) in [6.45, 7) is 0. The summed E-state index contributed by atoms with van der Waals surface area (Å²) in [7, 11) is 0. The Morgan fingerprint density at radius 3 is 2.82 bits per heavy atom. The first-order valence-corrected chi connectivity index (χ1v) is 4.26. The summed E-state index contributed by atoms with van der Waals surface area (Å²) >= 11 is 0. The molecule has 0 spiro atoms. The van der Waals surface area contributed by atoms with Crippen molar-refractivity contribution in [3.8, 4) is 0 Å². The summed E-state index contributed by atoms with van der Waals surface area (Å²) in [6, 6.07) is 0. The number of hydrogen-bond donors (Lipinski definition) is 0. The van der Waals surface area contributed by atoms with Crippen LogP contribution in [0.15, 0.2) is 24.3 Å². The zero-order chi connectivity index (χ0) is 7.42. The number of Topliss-reactive ketones (excluding diaryl/α,β-unsaturated/α-hetero) is 1. The average Bonchev–Trinajstić information content (AvgIpc) is 2.61. The van der Waals surface area contributed by atoms with Crippen LogP contribution in [0.2, 0.25) is 0 Å². The molecule has 4 atom stereocenters. The van der Waals surface area contributed by atoms with Gasteiger partial charge in [-0.15, -0.1) is 0 Å². The average molecular weight is 146 g/mol. The molecular formula is C10H10O. The highest BCUT2D eigenvalue weighted by atomic mass is 16.1. The van der Waals surface area contributed by atoms with E-state index in [9.17, 15) is 4.79 Å². The molecule has 0 radical (unpaired) electrons. The van der Waals surface area contributed by atoms with Crippen molar-refractivity contribution in [3.05, 3.63) is 24.3 Å². The van der Waals surface area contributed by atoms with Gasteiger partial charge in [-0.1, -0.05) is 24.3 Å². The van der Waals surface area contributed by atoms with Crippen LogP contribution in [0.4, 0.5) is 0 Å². The standard InChI is InChI=1S/C10H10O/c11-10-8-4-5-9(10)7-3-1-2-6(7)8/h1-2,4-9H,3H2. The highest BCUT2D eigenvalue weighted by Gasteiger charge is 2.50.